The van der Waals surface area contributed by atoms with Gasteiger partial charge in [0, 0.05) is 24.8 Å². The number of carbonyl (C=O) groups is 1. The Bertz CT molecular complexity index is 426. The molecule has 0 unspecified atom stereocenters. The summed E-state index contributed by atoms with van der Waals surface area (Å²) in [6, 6.07) is 3.87. The highest BCUT2D eigenvalue weighted by Crippen LogP contribution is 2.21. The summed E-state index contributed by atoms with van der Waals surface area (Å²) < 4.78 is 18.7. The number of ether oxygens (including phenoxy) is 1. The molecule has 0 atom stereocenters. The molecular formula is C13H19FN2O3. The van der Waals surface area contributed by atoms with Crippen molar-refractivity contribution in [2.75, 3.05) is 31.6 Å². The number of hydrogen-bond acceptors (Lipinski definition) is 3. The Labute approximate surface area is 112 Å². The van der Waals surface area contributed by atoms with Crippen molar-refractivity contribution < 1.29 is 19.0 Å². The van der Waals surface area contributed by atoms with Crippen molar-refractivity contribution in [1.82, 2.24) is 4.90 Å². The molecule has 2 amide bonds. The van der Waals surface area contributed by atoms with Crippen molar-refractivity contribution in [3.63, 3.8) is 0 Å². The molecule has 19 heavy (non-hydrogen) atoms. The fourth-order valence-corrected chi connectivity index (χ4v) is 1.58. The van der Waals surface area contributed by atoms with Gasteiger partial charge in [-0.05, 0) is 26.0 Å². The van der Waals surface area contributed by atoms with Crippen LogP contribution in [0.5, 0.6) is 5.75 Å². The maximum atomic E-state index is 13.6. The standard InChI is InChI=1S/C13H19FN2O3/c1-3-16(7-8-17)13(18)15-10-5-6-12(19-4-2)11(14)9-10/h5-6,9,17H,3-4,7-8H2,1-2H3,(H,15,18). The number of urea groups is 1. The largest absolute Gasteiger partial charge is 0.491 e. The SMILES string of the molecule is CCOc1ccc(NC(=O)N(CC)CCO)cc1F. The fraction of sp³-hybridized carbons (Fsp3) is 0.462. The maximum absolute atomic E-state index is 13.6. The molecule has 0 aliphatic heterocycles. The summed E-state index contributed by atoms with van der Waals surface area (Å²) in [5.74, 6) is -0.368. The van der Waals surface area contributed by atoms with E-state index in [1.165, 1.54) is 17.0 Å². The molecule has 0 saturated heterocycles. The second-order valence-corrected chi connectivity index (χ2v) is 3.81. The van der Waals surface area contributed by atoms with Crippen LogP contribution in [-0.4, -0.2) is 42.3 Å². The first-order valence-electron chi connectivity index (χ1n) is 6.21. The number of likely N-dealkylation sites (N-methyl/N-ethyl adjacent to an activating group) is 1. The topological polar surface area (TPSA) is 61.8 Å². The van der Waals surface area contributed by atoms with E-state index in [2.05, 4.69) is 5.32 Å². The number of halogens is 1. The molecule has 0 spiro atoms. The summed E-state index contributed by atoms with van der Waals surface area (Å²) in [4.78, 5) is 13.2. The zero-order chi connectivity index (χ0) is 14.3. The highest BCUT2D eigenvalue weighted by atomic mass is 19.1. The van der Waals surface area contributed by atoms with Gasteiger partial charge in [0.15, 0.2) is 11.6 Å². The summed E-state index contributed by atoms with van der Waals surface area (Å²) in [6.45, 7) is 4.53. The summed E-state index contributed by atoms with van der Waals surface area (Å²) in [6.07, 6.45) is 0. The lowest BCUT2D eigenvalue weighted by molar-refractivity contribution is 0.192. The lowest BCUT2D eigenvalue weighted by Crippen LogP contribution is -2.36. The van der Waals surface area contributed by atoms with Crippen molar-refractivity contribution >= 4 is 11.7 Å². The minimum atomic E-state index is -0.523. The quantitative estimate of drug-likeness (QED) is 0.832. The Morgan fingerprint density at radius 2 is 2.21 bits per heavy atom. The van der Waals surface area contributed by atoms with Crippen LogP contribution in [0, 0.1) is 5.82 Å². The second kappa shape index (κ2) is 7.58. The minimum absolute atomic E-state index is 0.112. The average Bonchev–Trinajstić information content (AvgIpc) is 2.39. The van der Waals surface area contributed by atoms with Gasteiger partial charge in [-0.1, -0.05) is 0 Å². The van der Waals surface area contributed by atoms with Crippen LogP contribution < -0.4 is 10.1 Å². The summed E-state index contributed by atoms with van der Waals surface area (Å²) >= 11 is 0. The number of carbonyl (C=O) groups excluding carboxylic acids is 1. The fourth-order valence-electron chi connectivity index (χ4n) is 1.58. The first kappa shape index (κ1) is 15.2. The molecule has 0 aliphatic rings. The second-order valence-electron chi connectivity index (χ2n) is 3.81. The van der Waals surface area contributed by atoms with Gasteiger partial charge in [0.2, 0.25) is 0 Å². The normalized spacial score (nSPS) is 10.1. The molecule has 0 aromatic heterocycles. The van der Waals surface area contributed by atoms with E-state index >= 15 is 0 Å². The van der Waals surface area contributed by atoms with Crippen molar-refractivity contribution in [2.24, 2.45) is 0 Å². The third-order valence-corrected chi connectivity index (χ3v) is 2.52. The average molecular weight is 270 g/mol. The maximum Gasteiger partial charge on any atom is 0.321 e. The van der Waals surface area contributed by atoms with Gasteiger partial charge >= 0.3 is 6.03 Å². The van der Waals surface area contributed by atoms with E-state index in [-0.39, 0.29) is 24.9 Å². The van der Waals surface area contributed by atoms with Crippen molar-refractivity contribution in [2.45, 2.75) is 13.8 Å². The highest BCUT2D eigenvalue weighted by molar-refractivity contribution is 5.89. The molecule has 0 bridgehead atoms. The lowest BCUT2D eigenvalue weighted by Gasteiger charge is -2.20. The van der Waals surface area contributed by atoms with Gasteiger partial charge in [-0.25, -0.2) is 9.18 Å². The van der Waals surface area contributed by atoms with Crippen LogP contribution in [0.2, 0.25) is 0 Å². The van der Waals surface area contributed by atoms with Gasteiger partial charge in [0.25, 0.3) is 0 Å². The molecule has 5 nitrogen and oxygen atoms in total. The summed E-state index contributed by atoms with van der Waals surface area (Å²) in [7, 11) is 0. The Kier molecular flexibility index (Phi) is 6.08. The smallest absolute Gasteiger partial charge is 0.321 e. The third kappa shape index (κ3) is 4.40. The van der Waals surface area contributed by atoms with Gasteiger partial charge in [0.05, 0.1) is 13.2 Å². The number of hydrogen-bond donors (Lipinski definition) is 2. The number of benzene rings is 1. The molecule has 0 saturated carbocycles. The van der Waals surface area contributed by atoms with E-state index in [4.69, 9.17) is 9.84 Å². The number of aliphatic hydroxyl groups excluding tert-OH is 1. The summed E-state index contributed by atoms with van der Waals surface area (Å²) in [5.41, 5.74) is 0.349. The van der Waals surface area contributed by atoms with E-state index < -0.39 is 5.82 Å². The van der Waals surface area contributed by atoms with Crippen LogP contribution in [0.4, 0.5) is 14.9 Å². The van der Waals surface area contributed by atoms with Crippen LogP contribution >= 0.6 is 0 Å². The van der Waals surface area contributed by atoms with E-state index in [1.807, 2.05) is 0 Å². The van der Waals surface area contributed by atoms with E-state index in [1.54, 1.807) is 19.9 Å². The molecular weight excluding hydrogens is 251 g/mol. The van der Waals surface area contributed by atoms with Gasteiger partial charge in [-0.15, -0.1) is 0 Å². The van der Waals surface area contributed by atoms with Crippen molar-refractivity contribution in [3.8, 4) is 5.75 Å². The number of aliphatic hydroxyl groups is 1. The molecule has 0 radical (unpaired) electrons. The van der Waals surface area contributed by atoms with Crippen LogP contribution in [0.3, 0.4) is 0 Å². The Balaban J connectivity index is 2.71. The molecule has 1 rings (SSSR count). The Morgan fingerprint density at radius 1 is 1.47 bits per heavy atom. The van der Waals surface area contributed by atoms with E-state index in [0.717, 1.165) is 0 Å². The van der Waals surface area contributed by atoms with Crippen LogP contribution in [0.25, 0.3) is 0 Å². The van der Waals surface area contributed by atoms with Gasteiger partial charge in [-0.2, -0.15) is 0 Å². The molecule has 1 aromatic carbocycles. The zero-order valence-electron chi connectivity index (χ0n) is 11.1. The monoisotopic (exact) mass is 270 g/mol. The molecule has 0 aliphatic carbocycles. The molecule has 0 heterocycles. The molecule has 1 aromatic rings. The Hall–Kier alpha value is -1.82. The van der Waals surface area contributed by atoms with E-state index in [9.17, 15) is 9.18 Å². The summed E-state index contributed by atoms with van der Waals surface area (Å²) in [5, 5.41) is 11.4. The van der Waals surface area contributed by atoms with Crippen LogP contribution in [-0.2, 0) is 0 Å². The van der Waals surface area contributed by atoms with Crippen LogP contribution in [0.1, 0.15) is 13.8 Å². The molecule has 2 N–H and O–H groups in total. The van der Waals surface area contributed by atoms with Gasteiger partial charge in [-0.3, -0.25) is 0 Å². The van der Waals surface area contributed by atoms with Gasteiger partial charge in [0.1, 0.15) is 0 Å². The molecule has 0 fully saturated rings. The number of rotatable bonds is 6. The van der Waals surface area contributed by atoms with Gasteiger partial charge < -0.3 is 20.1 Å². The first-order chi connectivity index (χ1) is 9.12. The third-order valence-electron chi connectivity index (χ3n) is 2.52. The number of nitrogens with zero attached hydrogens (tertiary/aromatic N) is 1. The zero-order valence-corrected chi connectivity index (χ0v) is 11.1. The number of amides is 2. The van der Waals surface area contributed by atoms with E-state index in [0.29, 0.717) is 18.8 Å². The predicted octanol–water partition coefficient (Wildman–Crippen LogP) is 2.07. The first-order valence-corrected chi connectivity index (χ1v) is 6.21. The lowest BCUT2D eigenvalue weighted by atomic mass is 10.3. The molecule has 6 heteroatoms. The van der Waals surface area contributed by atoms with Crippen molar-refractivity contribution in [1.29, 1.82) is 0 Å². The van der Waals surface area contributed by atoms with Crippen LogP contribution in [0.15, 0.2) is 18.2 Å². The Morgan fingerprint density at radius 3 is 2.74 bits per heavy atom. The minimum Gasteiger partial charge on any atom is -0.491 e. The van der Waals surface area contributed by atoms with Crippen molar-refractivity contribution in [3.05, 3.63) is 24.0 Å². The molecule has 106 valence electrons. The number of nitrogens with one attached hydrogen (secondary N) is 1. The predicted molar refractivity (Wildman–Crippen MR) is 70.9 cm³/mol. The highest BCUT2D eigenvalue weighted by Gasteiger charge is 2.12. The number of anilines is 1.